The molecule has 2 amide bonds. The molecule has 1 aliphatic carbocycles. The summed E-state index contributed by atoms with van der Waals surface area (Å²) < 4.78 is 20.8. The SMILES string of the molecule is CCCCC[C@H](NC(=O)CCc1ccc(C2=C(/C=C/C3=[N+](CCCCC)c4ccc(OC)cc4C3(C)C)CCC/C2=C\C=C2\N(CCCC)c3ccc(OC)cc3C2(C)C)cc1)C(=O)NCCCCOc1cc(CN(Cc2ccccn2)Cc2ccccn2)cc(CN(Cc2ccccn2)Cc2ccccn2)c1. The van der Waals surface area contributed by atoms with Gasteiger partial charge in [-0.05, 0) is 213 Å². The highest BCUT2D eigenvalue weighted by molar-refractivity contribution is 6.04. The van der Waals surface area contributed by atoms with Gasteiger partial charge in [-0.3, -0.25) is 39.3 Å². The Morgan fingerprint density at radius 2 is 1.16 bits per heavy atom. The lowest BCUT2D eigenvalue weighted by molar-refractivity contribution is -0.438. The number of carbonyl (C=O) groups excluding carboxylic acids is 2. The number of benzene rings is 4. The number of methoxy groups -OCH3 is 2. The molecule has 6 heterocycles. The number of amides is 2. The van der Waals surface area contributed by atoms with Crippen LogP contribution in [-0.2, 0) is 66.1 Å². The largest absolute Gasteiger partial charge is 0.497 e. The summed E-state index contributed by atoms with van der Waals surface area (Å²) in [5.41, 5.74) is 19.5. The number of nitrogens with one attached hydrogen (secondary N) is 2. The monoisotopic (exact) mass is 1450 g/mol. The molecule has 8 aromatic rings. The summed E-state index contributed by atoms with van der Waals surface area (Å²) >= 11 is 0. The lowest BCUT2D eigenvalue weighted by Crippen LogP contribution is -2.47. The molecule has 0 unspecified atom stereocenters. The Kier molecular flexibility index (Phi) is 28.8. The molecule has 0 fully saturated rings. The summed E-state index contributed by atoms with van der Waals surface area (Å²) in [6, 6.07) is 52.2. The molecule has 0 spiro atoms. The van der Waals surface area contributed by atoms with Gasteiger partial charge in [-0.2, -0.15) is 4.58 Å². The van der Waals surface area contributed by atoms with Gasteiger partial charge < -0.3 is 29.7 Å². The zero-order chi connectivity index (χ0) is 75.7. The summed E-state index contributed by atoms with van der Waals surface area (Å²) in [4.78, 5) is 54.3. The second kappa shape index (κ2) is 39.3. The number of aryl methyl sites for hydroxylation is 1. The van der Waals surface area contributed by atoms with Crippen LogP contribution in [0.5, 0.6) is 17.2 Å². The fourth-order valence-electron chi connectivity index (χ4n) is 15.6. The van der Waals surface area contributed by atoms with E-state index in [4.69, 9.17) is 34.1 Å². The van der Waals surface area contributed by atoms with Gasteiger partial charge in [0.1, 0.15) is 29.8 Å². The number of anilines is 1. The van der Waals surface area contributed by atoms with Crippen molar-refractivity contribution < 1.29 is 28.4 Å². The number of fused-ring (bicyclic) bond motifs is 2. The Balaban J connectivity index is 0.771. The van der Waals surface area contributed by atoms with Gasteiger partial charge in [-0.15, -0.1) is 0 Å². The zero-order valence-electron chi connectivity index (χ0n) is 65.6. The van der Waals surface area contributed by atoms with Crippen LogP contribution in [0.3, 0.4) is 0 Å². The third-order valence-corrected chi connectivity index (χ3v) is 21.4. The molecule has 1 atom stereocenters. The molecule has 3 aliphatic rings. The fraction of sp³-hybridized carbons (Fsp3) is 0.409. The highest BCUT2D eigenvalue weighted by atomic mass is 16.5. The van der Waals surface area contributed by atoms with Crippen LogP contribution in [0, 0.1) is 0 Å². The van der Waals surface area contributed by atoms with Crippen molar-refractivity contribution in [2.45, 2.75) is 207 Å². The lowest BCUT2D eigenvalue weighted by Gasteiger charge is -2.27. The summed E-state index contributed by atoms with van der Waals surface area (Å²) in [7, 11) is 3.51. The van der Waals surface area contributed by atoms with Gasteiger partial charge in [0.2, 0.25) is 17.5 Å². The van der Waals surface area contributed by atoms with E-state index in [0.717, 1.165) is 140 Å². The number of carbonyl (C=O) groups is 2. The lowest BCUT2D eigenvalue weighted by atomic mass is 9.79. The third-order valence-electron chi connectivity index (χ3n) is 21.4. The highest BCUT2D eigenvalue weighted by Crippen LogP contribution is 2.50. The standard InChI is InChI=1S/C93H114N10O5/c1-10-13-16-35-84(91(105)98-54-25-27-57-108-81-59-70(63-100(65-75-31-17-21-50-94-75)66-76-32-18-22-51-95-76)58-71(60-81)64-101(67-77-33-19-23-52-96-77)68-78-34-20-24-53-97-78)99-89(104)49-38-69-36-39-74(40-37-69)90-72(41-47-87-92(4,5)82-61-79(106-8)43-45-85(82)102(87)55-15-12-3)29-28-30-73(90)42-48-88-93(6,7)83-62-80(107-9)44-46-86(83)103(88)56-26-14-11-2/h17-24,31-34,36-37,39-48,50-53,58-62,84H,10-16,25-30,35,38,49,54-57,63-68H2,1-9H3,(H-,98,99,104,105)/p+1/t84-/m0/s1. The first kappa shape index (κ1) is 79.2. The van der Waals surface area contributed by atoms with E-state index in [1.54, 1.807) is 14.2 Å². The predicted octanol–water partition coefficient (Wildman–Crippen LogP) is 18.8. The summed E-state index contributed by atoms with van der Waals surface area (Å²) in [5.74, 6) is 2.27. The van der Waals surface area contributed by atoms with Crippen molar-refractivity contribution in [3.63, 3.8) is 0 Å². The van der Waals surface area contributed by atoms with Gasteiger partial charge in [0.15, 0.2) is 5.71 Å². The highest BCUT2D eigenvalue weighted by Gasteiger charge is 2.45. The minimum Gasteiger partial charge on any atom is -0.497 e. The molecule has 108 heavy (non-hydrogen) atoms. The second-order valence-electron chi connectivity index (χ2n) is 30.3. The molecular formula is C93H115N10O5+. The predicted molar refractivity (Wildman–Crippen MR) is 438 cm³/mol. The maximum Gasteiger partial charge on any atom is 0.242 e. The maximum absolute atomic E-state index is 14.1. The quantitative estimate of drug-likeness (QED) is 0.0278. The van der Waals surface area contributed by atoms with Crippen LogP contribution in [0.1, 0.15) is 201 Å². The van der Waals surface area contributed by atoms with Gasteiger partial charge in [0.25, 0.3) is 0 Å². The molecule has 15 nitrogen and oxygen atoms in total. The second-order valence-corrected chi connectivity index (χ2v) is 30.3. The van der Waals surface area contributed by atoms with Crippen molar-refractivity contribution in [1.82, 2.24) is 40.4 Å². The Bertz CT molecular complexity index is 4210. The number of rotatable bonds is 40. The summed E-state index contributed by atoms with van der Waals surface area (Å²) in [5, 5.41) is 6.38. The normalized spacial score (nSPS) is 15.5. The van der Waals surface area contributed by atoms with Crippen molar-refractivity contribution in [1.29, 1.82) is 0 Å². The zero-order valence-corrected chi connectivity index (χ0v) is 65.6. The number of pyridine rings is 4. The number of unbranched alkanes of at least 4 members (excludes halogenated alkanes) is 6. The maximum atomic E-state index is 14.1. The van der Waals surface area contributed by atoms with Crippen molar-refractivity contribution >= 4 is 34.5 Å². The van der Waals surface area contributed by atoms with Gasteiger partial charge in [-0.1, -0.05) is 133 Å². The van der Waals surface area contributed by atoms with Gasteiger partial charge in [0, 0.05) is 124 Å². The van der Waals surface area contributed by atoms with E-state index in [9.17, 15) is 9.59 Å². The van der Waals surface area contributed by atoms with E-state index in [1.165, 1.54) is 62.6 Å². The van der Waals surface area contributed by atoms with Crippen LogP contribution < -0.4 is 29.7 Å². The smallest absolute Gasteiger partial charge is 0.242 e. The Hall–Kier alpha value is -9.83. The third kappa shape index (κ3) is 21.3. The van der Waals surface area contributed by atoms with Crippen LogP contribution in [-0.4, -0.2) is 98.3 Å². The Labute approximate surface area is 643 Å². The molecule has 4 aromatic heterocycles. The topological polar surface area (TPSA) is 150 Å². The molecule has 11 rings (SSSR count). The first-order valence-corrected chi connectivity index (χ1v) is 39.7. The average Bonchev–Trinajstić information content (AvgIpc) is 1.59. The van der Waals surface area contributed by atoms with E-state index in [1.807, 2.05) is 73.3 Å². The van der Waals surface area contributed by atoms with E-state index in [0.29, 0.717) is 71.7 Å². The van der Waals surface area contributed by atoms with Crippen LogP contribution >= 0.6 is 0 Å². The fourth-order valence-corrected chi connectivity index (χ4v) is 15.6. The average molecular weight is 1450 g/mol. The molecule has 0 saturated heterocycles. The van der Waals surface area contributed by atoms with E-state index in [-0.39, 0.29) is 29.1 Å². The molecule has 2 N–H and O–H groups in total. The molecule has 566 valence electrons. The molecule has 2 aliphatic heterocycles. The Morgan fingerprint density at radius 3 is 1.73 bits per heavy atom. The molecule has 0 radical (unpaired) electrons. The van der Waals surface area contributed by atoms with Gasteiger partial charge in [-0.25, -0.2) is 0 Å². The van der Waals surface area contributed by atoms with E-state index >= 15 is 0 Å². The number of aromatic nitrogens is 4. The molecule has 0 bridgehead atoms. The van der Waals surface area contributed by atoms with Crippen molar-refractivity contribution in [2.24, 2.45) is 0 Å². The van der Waals surface area contributed by atoms with Crippen LogP contribution in [0.2, 0.25) is 0 Å². The minimum atomic E-state index is -0.627. The minimum absolute atomic E-state index is 0.125. The summed E-state index contributed by atoms with van der Waals surface area (Å²) in [6.45, 7) is 22.8. The van der Waals surface area contributed by atoms with Crippen molar-refractivity contribution in [3.8, 4) is 17.2 Å². The number of nitrogens with zero attached hydrogens (tertiary/aromatic N) is 8. The van der Waals surface area contributed by atoms with Crippen molar-refractivity contribution in [3.05, 3.63) is 274 Å². The first-order valence-electron chi connectivity index (χ1n) is 39.7. The number of hydrogen-bond acceptors (Lipinski definition) is 12. The van der Waals surface area contributed by atoms with Gasteiger partial charge in [0.05, 0.1) is 49.0 Å². The van der Waals surface area contributed by atoms with Crippen LogP contribution in [0.4, 0.5) is 11.4 Å². The molecule has 4 aromatic carbocycles. The van der Waals surface area contributed by atoms with E-state index < -0.39 is 6.04 Å². The van der Waals surface area contributed by atoms with Gasteiger partial charge >= 0.3 is 0 Å². The Morgan fingerprint density at radius 1 is 0.574 bits per heavy atom. The van der Waals surface area contributed by atoms with Crippen molar-refractivity contribution in [2.75, 3.05) is 45.4 Å². The van der Waals surface area contributed by atoms with Crippen LogP contribution in [0.25, 0.3) is 5.57 Å². The number of ether oxygens (including phenoxy) is 3. The molecule has 0 saturated carbocycles. The summed E-state index contributed by atoms with van der Waals surface area (Å²) in [6.07, 6.45) is 31.3. The first-order chi connectivity index (χ1) is 52.6. The van der Waals surface area contributed by atoms with E-state index in [2.05, 4.69) is 206 Å². The molecular weight excluding hydrogens is 1340 g/mol. The molecule has 15 heteroatoms. The number of allylic oxidation sites excluding steroid dienone is 8. The van der Waals surface area contributed by atoms with Crippen LogP contribution in [0.15, 0.2) is 218 Å². The number of hydrogen-bond donors (Lipinski definition) is 2.